The van der Waals surface area contributed by atoms with Gasteiger partial charge in [0.2, 0.25) is 11.8 Å². The molecule has 4 fully saturated rings. The van der Waals surface area contributed by atoms with Crippen molar-refractivity contribution in [1.29, 1.82) is 0 Å². The van der Waals surface area contributed by atoms with Gasteiger partial charge in [0.25, 0.3) is 0 Å². The SMILES string of the molecule is O=C1[C@H]2[C@H]3C4=C([C@H]5CC[C@H]4C5)[C@@H](C3=C3CCCC3)[C@@H]2C(=O)N1c1ccccc1. The second kappa shape index (κ2) is 5.25. The number of anilines is 1. The summed E-state index contributed by atoms with van der Waals surface area (Å²) in [6.07, 6.45) is 8.86. The average molecular weight is 371 g/mol. The van der Waals surface area contributed by atoms with Crippen molar-refractivity contribution in [2.24, 2.45) is 35.5 Å². The van der Waals surface area contributed by atoms with Crippen molar-refractivity contribution >= 4 is 17.5 Å². The maximum atomic E-state index is 13.6. The second-order valence-corrected chi connectivity index (χ2v) is 9.74. The summed E-state index contributed by atoms with van der Waals surface area (Å²) in [5.41, 5.74) is 7.19. The van der Waals surface area contributed by atoms with Gasteiger partial charge in [0.15, 0.2) is 0 Å². The Morgan fingerprint density at radius 3 is 1.89 bits per heavy atom. The number of imide groups is 1. The Morgan fingerprint density at radius 1 is 0.750 bits per heavy atom. The number of nitrogens with zero attached hydrogens (tertiary/aromatic N) is 1. The van der Waals surface area contributed by atoms with Gasteiger partial charge < -0.3 is 0 Å². The van der Waals surface area contributed by atoms with Gasteiger partial charge >= 0.3 is 0 Å². The van der Waals surface area contributed by atoms with E-state index in [1.165, 1.54) is 49.8 Å². The van der Waals surface area contributed by atoms with Crippen LogP contribution in [0.1, 0.15) is 44.9 Å². The molecule has 0 unspecified atom stereocenters. The maximum absolute atomic E-state index is 13.6. The molecule has 0 N–H and O–H groups in total. The predicted octanol–water partition coefficient (Wildman–Crippen LogP) is 4.65. The smallest absolute Gasteiger partial charge is 0.238 e. The van der Waals surface area contributed by atoms with Crippen molar-refractivity contribution in [1.82, 2.24) is 0 Å². The van der Waals surface area contributed by atoms with Gasteiger partial charge in [0.1, 0.15) is 0 Å². The molecule has 0 spiro atoms. The molecule has 28 heavy (non-hydrogen) atoms. The van der Waals surface area contributed by atoms with E-state index in [1.807, 2.05) is 30.3 Å². The molecule has 3 heteroatoms. The molecule has 1 aromatic carbocycles. The Morgan fingerprint density at radius 2 is 1.32 bits per heavy atom. The zero-order valence-corrected chi connectivity index (χ0v) is 16.1. The van der Waals surface area contributed by atoms with Gasteiger partial charge in [-0.25, -0.2) is 4.90 Å². The van der Waals surface area contributed by atoms with E-state index in [2.05, 4.69) is 0 Å². The van der Waals surface area contributed by atoms with Crippen molar-refractivity contribution in [3.8, 4) is 0 Å². The Hall–Kier alpha value is -2.16. The number of carbonyl (C=O) groups excluding carboxylic acids is 2. The molecule has 6 atom stereocenters. The lowest BCUT2D eigenvalue weighted by Crippen LogP contribution is -2.33. The number of para-hydroxylation sites is 1. The second-order valence-electron chi connectivity index (χ2n) is 9.74. The van der Waals surface area contributed by atoms with Crippen molar-refractivity contribution < 1.29 is 9.59 Å². The number of hydrogen-bond acceptors (Lipinski definition) is 2. The molecular formula is C25H25NO2. The van der Waals surface area contributed by atoms with E-state index < -0.39 is 0 Å². The first-order chi connectivity index (χ1) is 13.8. The molecular weight excluding hydrogens is 346 g/mol. The van der Waals surface area contributed by atoms with E-state index in [0.717, 1.165) is 5.69 Å². The minimum absolute atomic E-state index is 0.0686. The van der Waals surface area contributed by atoms with E-state index in [9.17, 15) is 9.59 Å². The molecule has 0 radical (unpaired) electrons. The molecule has 0 aromatic heterocycles. The third-order valence-electron chi connectivity index (χ3n) is 8.73. The van der Waals surface area contributed by atoms with Crippen molar-refractivity contribution in [2.75, 3.05) is 4.90 Å². The number of rotatable bonds is 1. The predicted molar refractivity (Wildman–Crippen MR) is 106 cm³/mol. The average Bonchev–Trinajstić information content (AvgIpc) is 3.52. The highest BCUT2D eigenvalue weighted by molar-refractivity contribution is 6.23. The molecule has 142 valence electrons. The third-order valence-corrected chi connectivity index (χ3v) is 8.73. The van der Waals surface area contributed by atoms with E-state index in [1.54, 1.807) is 22.3 Å². The summed E-state index contributed by atoms with van der Waals surface area (Å²) in [5.74, 6) is 1.80. The van der Waals surface area contributed by atoms with Crippen LogP contribution in [0.4, 0.5) is 5.69 Å². The minimum Gasteiger partial charge on any atom is -0.274 e. The first kappa shape index (κ1) is 15.7. The zero-order valence-electron chi connectivity index (χ0n) is 16.1. The molecule has 6 aliphatic rings. The first-order valence-corrected chi connectivity index (χ1v) is 11.1. The van der Waals surface area contributed by atoms with Crippen molar-refractivity contribution in [3.63, 3.8) is 0 Å². The quantitative estimate of drug-likeness (QED) is 0.409. The van der Waals surface area contributed by atoms with Crippen molar-refractivity contribution in [3.05, 3.63) is 52.6 Å². The van der Waals surface area contributed by atoms with Gasteiger partial charge in [0.05, 0.1) is 17.5 Å². The van der Waals surface area contributed by atoms with Gasteiger partial charge in [-0.15, -0.1) is 0 Å². The number of carbonyl (C=O) groups is 2. The monoisotopic (exact) mass is 371 g/mol. The largest absolute Gasteiger partial charge is 0.274 e. The Balaban J connectivity index is 1.39. The maximum Gasteiger partial charge on any atom is 0.238 e. The molecule has 3 nitrogen and oxygen atoms in total. The molecule has 1 aromatic rings. The number of benzene rings is 1. The Labute approximate surface area is 165 Å². The molecule has 2 amide bonds. The normalized spacial score (nSPS) is 40.4. The highest BCUT2D eigenvalue weighted by Crippen LogP contribution is 2.71. The highest BCUT2D eigenvalue weighted by atomic mass is 16.2. The van der Waals surface area contributed by atoms with Crippen LogP contribution in [-0.4, -0.2) is 11.8 Å². The van der Waals surface area contributed by atoms with Gasteiger partial charge in [-0.1, -0.05) is 40.5 Å². The van der Waals surface area contributed by atoms with Crippen LogP contribution in [0, 0.1) is 35.5 Å². The van der Waals surface area contributed by atoms with Gasteiger partial charge in [-0.2, -0.15) is 0 Å². The molecule has 4 bridgehead atoms. The summed E-state index contributed by atoms with van der Waals surface area (Å²) in [7, 11) is 0. The van der Waals surface area contributed by atoms with E-state index in [0.29, 0.717) is 11.8 Å². The van der Waals surface area contributed by atoms with E-state index >= 15 is 0 Å². The van der Waals surface area contributed by atoms with Crippen LogP contribution >= 0.6 is 0 Å². The molecule has 5 aliphatic carbocycles. The zero-order chi connectivity index (χ0) is 18.6. The Bertz CT molecular complexity index is 931. The van der Waals surface area contributed by atoms with E-state index in [4.69, 9.17) is 0 Å². The summed E-state index contributed by atoms with van der Waals surface area (Å²) < 4.78 is 0. The van der Waals surface area contributed by atoms with Gasteiger partial charge in [-0.05, 0) is 68.9 Å². The minimum atomic E-state index is -0.126. The number of hydrogen-bond donors (Lipinski definition) is 0. The van der Waals surface area contributed by atoms with Gasteiger partial charge in [-0.3, -0.25) is 9.59 Å². The number of allylic oxidation sites excluding steroid dienone is 4. The summed E-state index contributed by atoms with van der Waals surface area (Å²) >= 11 is 0. The fourth-order valence-electron chi connectivity index (χ4n) is 7.96. The molecule has 3 saturated carbocycles. The summed E-state index contributed by atoms with van der Waals surface area (Å²) in [6, 6.07) is 9.58. The lowest BCUT2D eigenvalue weighted by molar-refractivity contribution is -0.123. The lowest BCUT2D eigenvalue weighted by Gasteiger charge is -2.28. The highest BCUT2D eigenvalue weighted by Gasteiger charge is 2.69. The molecule has 7 rings (SSSR count). The van der Waals surface area contributed by atoms with Crippen LogP contribution in [0.5, 0.6) is 0 Å². The topological polar surface area (TPSA) is 37.4 Å². The van der Waals surface area contributed by atoms with Crippen LogP contribution < -0.4 is 4.90 Å². The van der Waals surface area contributed by atoms with Crippen LogP contribution in [0.25, 0.3) is 0 Å². The third kappa shape index (κ3) is 1.69. The standard InChI is InChI=1S/C25H25NO2/c27-24-22-20-17(13-6-4-5-7-13)21(19-15-11-10-14(12-15)18(19)20)23(22)25(28)26(24)16-8-2-1-3-9-16/h1-3,8-9,14-15,20-23H,4-7,10-12H2/t14-,15-,20+,21+,22-,23-/m0/s1. The van der Waals surface area contributed by atoms with Crippen molar-refractivity contribution in [2.45, 2.75) is 44.9 Å². The fourth-order valence-corrected chi connectivity index (χ4v) is 7.96. The lowest BCUT2D eigenvalue weighted by atomic mass is 9.72. The summed E-state index contributed by atoms with van der Waals surface area (Å²) in [6.45, 7) is 0. The summed E-state index contributed by atoms with van der Waals surface area (Å²) in [5, 5.41) is 0. The van der Waals surface area contributed by atoms with Gasteiger partial charge in [0, 0.05) is 11.8 Å². The fraction of sp³-hybridized carbons (Fsp3) is 0.520. The summed E-state index contributed by atoms with van der Waals surface area (Å²) in [4.78, 5) is 28.7. The molecule has 1 aliphatic heterocycles. The Kier molecular flexibility index (Phi) is 2.95. The first-order valence-electron chi connectivity index (χ1n) is 11.1. The van der Waals surface area contributed by atoms with Crippen LogP contribution in [0.15, 0.2) is 52.6 Å². The van der Waals surface area contributed by atoms with Crippen LogP contribution in [0.3, 0.4) is 0 Å². The number of fused-ring (bicyclic) bond motifs is 11. The molecule has 1 heterocycles. The van der Waals surface area contributed by atoms with E-state index in [-0.39, 0.29) is 35.5 Å². The van der Waals surface area contributed by atoms with Crippen LogP contribution in [0.2, 0.25) is 0 Å². The van der Waals surface area contributed by atoms with Crippen LogP contribution in [-0.2, 0) is 9.59 Å². The molecule has 1 saturated heterocycles. The number of amides is 2.